The average Bonchev–Trinajstić information content (AvgIpc) is 2.64. The number of unbranched alkanes of at least 4 members (excludes halogenated alkanes) is 1. The molecule has 2 atom stereocenters. The van der Waals surface area contributed by atoms with Crippen LogP contribution in [-0.2, 0) is 4.74 Å². The SMILES string of the molecule is CCCCOC[C@H]1C[C@@H](CN2CCN(c3ccccc3)CC2)C1(C)C. The van der Waals surface area contributed by atoms with Crippen LogP contribution in [0.2, 0.25) is 0 Å². The molecule has 3 heteroatoms. The zero-order valence-corrected chi connectivity index (χ0v) is 16.4. The second-order valence-corrected chi connectivity index (χ2v) is 8.50. The second-order valence-electron chi connectivity index (χ2n) is 8.50. The van der Waals surface area contributed by atoms with E-state index in [2.05, 4.69) is 60.9 Å². The minimum Gasteiger partial charge on any atom is -0.381 e. The number of nitrogens with zero attached hydrogens (tertiary/aromatic N) is 2. The van der Waals surface area contributed by atoms with Crippen LogP contribution in [0.3, 0.4) is 0 Å². The highest BCUT2D eigenvalue weighted by atomic mass is 16.5. The predicted octanol–water partition coefficient (Wildman–Crippen LogP) is 4.29. The molecular weight excluding hydrogens is 308 g/mol. The quantitative estimate of drug-likeness (QED) is 0.654. The van der Waals surface area contributed by atoms with Crippen LogP contribution in [0, 0.1) is 17.3 Å². The van der Waals surface area contributed by atoms with Crippen LogP contribution >= 0.6 is 0 Å². The zero-order valence-electron chi connectivity index (χ0n) is 16.4. The topological polar surface area (TPSA) is 15.7 Å². The molecule has 1 aromatic carbocycles. The van der Waals surface area contributed by atoms with Crippen LogP contribution < -0.4 is 4.90 Å². The average molecular weight is 345 g/mol. The normalized spacial score (nSPS) is 26.4. The van der Waals surface area contributed by atoms with Gasteiger partial charge in [0.25, 0.3) is 0 Å². The number of benzene rings is 1. The lowest BCUT2D eigenvalue weighted by molar-refractivity contribution is -0.0831. The van der Waals surface area contributed by atoms with Crippen LogP contribution in [0.25, 0.3) is 0 Å². The number of anilines is 1. The Morgan fingerprint density at radius 1 is 1.04 bits per heavy atom. The lowest BCUT2D eigenvalue weighted by Crippen LogP contribution is -2.55. The number of para-hydroxylation sites is 1. The third kappa shape index (κ3) is 4.57. The van der Waals surface area contributed by atoms with Gasteiger partial charge in [-0.15, -0.1) is 0 Å². The van der Waals surface area contributed by atoms with E-state index in [1.165, 1.54) is 44.6 Å². The molecule has 1 aromatic rings. The molecule has 0 bridgehead atoms. The Hall–Kier alpha value is -1.06. The molecule has 2 aliphatic rings. The largest absolute Gasteiger partial charge is 0.381 e. The first kappa shape index (κ1) is 18.7. The molecule has 3 nitrogen and oxygen atoms in total. The summed E-state index contributed by atoms with van der Waals surface area (Å²) in [5, 5.41) is 0. The van der Waals surface area contributed by atoms with Crippen LogP contribution in [0.1, 0.15) is 40.0 Å². The molecule has 0 unspecified atom stereocenters. The molecule has 2 fully saturated rings. The van der Waals surface area contributed by atoms with Crippen molar-refractivity contribution in [2.75, 3.05) is 50.8 Å². The Morgan fingerprint density at radius 3 is 2.40 bits per heavy atom. The summed E-state index contributed by atoms with van der Waals surface area (Å²) in [6.45, 7) is 15.0. The second kappa shape index (κ2) is 8.55. The minimum absolute atomic E-state index is 0.433. The highest BCUT2D eigenvalue weighted by molar-refractivity contribution is 5.46. The third-order valence-corrected chi connectivity index (χ3v) is 6.61. The van der Waals surface area contributed by atoms with Gasteiger partial charge < -0.3 is 9.64 Å². The van der Waals surface area contributed by atoms with E-state index in [9.17, 15) is 0 Å². The van der Waals surface area contributed by atoms with Gasteiger partial charge >= 0.3 is 0 Å². The van der Waals surface area contributed by atoms with Crippen LogP contribution in [0.5, 0.6) is 0 Å². The zero-order chi connectivity index (χ0) is 17.7. The molecule has 0 N–H and O–H groups in total. The first-order valence-corrected chi connectivity index (χ1v) is 10.2. The van der Waals surface area contributed by atoms with Crippen LogP contribution in [0.4, 0.5) is 5.69 Å². The number of rotatable bonds is 8. The number of piperazine rings is 1. The van der Waals surface area contributed by atoms with Gasteiger partial charge in [-0.25, -0.2) is 0 Å². The first-order chi connectivity index (χ1) is 12.1. The summed E-state index contributed by atoms with van der Waals surface area (Å²) in [6.07, 6.45) is 3.77. The van der Waals surface area contributed by atoms with E-state index in [0.29, 0.717) is 5.41 Å². The molecule has 0 radical (unpaired) electrons. The Bertz CT molecular complexity index is 508. The third-order valence-electron chi connectivity index (χ3n) is 6.61. The lowest BCUT2D eigenvalue weighted by atomic mass is 9.55. The Balaban J connectivity index is 1.39. The van der Waals surface area contributed by atoms with Gasteiger partial charge in [-0.1, -0.05) is 45.4 Å². The van der Waals surface area contributed by atoms with Crippen molar-refractivity contribution in [3.8, 4) is 0 Å². The summed E-state index contributed by atoms with van der Waals surface area (Å²) < 4.78 is 5.89. The Kier molecular flexibility index (Phi) is 6.40. The fraction of sp³-hybridized carbons (Fsp3) is 0.727. The maximum Gasteiger partial charge on any atom is 0.0499 e. The van der Waals surface area contributed by atoms with E-state index in [0.717, 1.165) is 38.1 Å². The van der Waals surface area contributed by atoms with Crippen molar-refractivity contribution >= 4 is 5.69 Å². The van der Waals surface area contributed by atoms with E-state index in [4.69, 9.17) is 4.74 Å². The van der Waals surface area contributed by atoms with Crippen molar-refractivity contribution in [3.63, 3.8) is 0 Å². The molecule has 1 saturated heterocycles. The van der Waals surface area contributed by atoms with E-state index in [1.807, 2.05) is 0 Å². The molecule has 1 aliphatic heterocycles. The van der Waals surface area contributed by atoms with Crippen molar-refractivity contribution in [1.82, 2.24) is 4.90 Å². The summed E-state index contributed by atoms with van der Waals surface area (Å²) in [6, 6.07) is 10.8. The molecule has 1 aliphatic carbocycles. The summed E-state index contributed by atoms with van der Waals surface area (Å²) in [4.78, 5) is 5.20. The van der Waals surface area contributed by atoms with Gasteiger partial charge in [0.05, 0.1) is 0 Å². The number of ether oxygens (including phenoxy) is 1. The molecule has 25 heavy (non-hydrogen) atoms. The van der Waals surface area contributed by atoms with E-state index in [1.54, 1.807) is 0 Å². The van der Waals surface area contributed by atoms with Gasteiger partial charge in [0.2, 0.25) is 0 Å². The molecular formula is C22H36N2O. The van der Waals surface area contributed by atoms with Gasteiger partial charge in [-0.05, 0) is 42.2 Å². The van der Waals surface area contributed by atoms with Gasteiger partial charge in [-0.3, -0.25) is 4.90 Å². The predicted molar refractivity (Wildman–Crippen MR) is 106 cm³/mol. The highest BCUT2D eigenvalue weighted by Crippen LogP contribution is 2.51. The lowest BCUT2D eigenvalue weighted by Gasteiger charge is -2.54. The maximum atomic E-state index is 5.89. The smallest absolute Gasteiger partial charge is 0.0499 e. The molecule has 0 spiro atoms. The summed E-state index contributed by atoms with van der Waals surface area (Å²) in [7, 11) is 0. The number of hydrogen-bond donors (Lipinski definition) is 0. The van der Waals surface area contributed by atoms with Crippen molar-refractivity contribution < 1.29 is 4.74 Å². The van der Waals surface area contributed by atoms with Gasteiger partial charge in [0.15, 0.2) is 0 Å². The van der Waals surface area contributed by atoms with E-state index in [-0.39, 0.29) is 0 Å². The molecule has 0 amide bonds. The van der Waals surface area contributed by atoms with Crippen LogP contribution in [0.15, 0.2) is 30.3 Å². The highest BCUT2D eigenvalue weighted by Gasteiger charge is 2.48. The summed E-state index contributed by atoms with van der Waals surface area (Å²) in [5.41, 5.74) is 1.80. The van der Waals surface area contributed by atoms with Gasteiger partial charge in [0.1, 0.15) is 0 Å². The first-order valence-electron chi connectivity index (χ1n) is 10.2. The Labute approximate surface area is 154 Å². The van der Waals surface area contributed by atoms with E-state index >= 15 is 0 Å². The van der Waals surface area contributed by atoms with Crippen molar-refractivity contribution in [3.05, 3.63) is 30.3 Å². The van der Waals surface area contributed by atoms with Gasteiger partial charge in [0, 0.05) is 51.6 Å². The summed E-state index contributed by atoms with van der Waals surface area (Å²) in [5.74, 6) is 1.58. The van der Waals surface area contributed by atoms with Crippen molar-refractivity contribution in [1.29, 1.82) is 0 Å². The summed E-state index contributed by atoms with van der Waals surface area (Å²) >= 11 is 0. The minimum atomic E-state index is 0.433. The maximum absolute atomic E-state index is 5.89. The number of hydrogen-bond acceptors (Lipinski definition) is 3. The van der Waals surface area contributed by atoms with Crippen molar-refractivity contribution in [2.24, 2.45) is 17.3 Å². The monoisotopic (exact) mass is 344 g/mol. The molecule has 3 rings (SSSR count). The fourth-order valence-corrected chi connectivity index (χ4v) is 4.33. The fourth-order valence-electron chi connectivity index (χ4n) is 4.33. The van der Waals surface area contributed by atoms with Crippen LogP contribution in [-0.4, -0.2) is 50.8 Å². The van der Waals surface area contributed by atoms with E-state index < -0.39 is 0 Å². The standard InChI is InChI=1S/C22H36N2O/c1-4-5-15-25-18-20-16-19(22(20,2)3)17-23-11-13-24(14-12-23)21-9-7-6-8-10-21/h6-10,19-20H,4-5,11-18H2,1-3H3/t19-,20+/m0/s1. The molecule has 1 heterocycles. The molecule has 140 valence electrons. The molecule has 1 saturated carbocycles. The molecule has 0 aromatic heterocycles. The van der Waals surface area contributed by atoms with Gasteiger partial charge in [-0.2, -0.15) is 0 Å². The van der Waals surface area contributed by atoms with Crippen molar-refractivity contribution in [2.45, 2.75) is 40.0 Å². The Morgan fingerprint density at radius 2 is 1.76 bits per heavy atom.